The second-order valence-electron chi connectivity index (χ2n) is 3.95. The van der Waals surface area contributed by atoms with Gasteiger partial charge in [-0.15, -0.1) is 0 Å². The summed E-state index contributed by atoms with van der Waals surface area (Å²) >= 11 is 4.90. The van der Waals surface area contributed by atoms with E-state index < -0.39 is 5.60 Å². The summed E-state index contributed by atoms with van der Waals surface area (Å²) in [7, 11) is 0. The zero-order valence-electron chi connectivity index (χ0n) is 8.87. The molecule has 1 unspecified atom stereocenters. The Balaban J connectivity index is 4.26. The first-order valence-corrected chi connectivity index (χ1v) is 4.94. The Morgan fingerprint density at radius 1 is 1.62 bits per heavy atom. The molecule has 0 saturated heterocycles. The van der Waals surface area contributed by atoms with E-state index in [2.05, 4.69) is 4.90 Å². The van der Waals surface area contributed by atoms with E-state index in [1.54, 1.807) is 13.8 Å². The van der Waals surface area contributed by atoms with Crippen molar-refractivity contribution in [3.63, 3.8) is 0 Å². The zero-order valence-corrected chi connectivity index (χ0v) is 9.69. The van der Waals surface area contributed by atoms with Crippen LogP contribution in [0.5, 0.6) is 0 Å². The van der Waals surface area contributed by atoms with Crippen LogP contribution in [-0.2, 0) is 0 Å². The molecule has 0 aliphatic carbocycles. The molecular formula is C9H20N2OS. The molecular weight excluding hydrogens is 184 g/mol. The molecule has 0 heterocycles. The Morgan fingerprint density at radius 2 is 2.08 bits per heavy atom. The van der Waals surface area contributed by atoms with Gasteiger partial charge in [0, 0.05) is 6.54 Å². The highest BCUT2D eigenvalue weighted by Crippen LogP contribution is 2.08. The van der Waals surface area contributed by atoms with Crippen LogP contribution in [-0.4, -0.2) is 39.7 Å². The predicted octanol–water partition coefficient (Wildman–Crippen LogP) is 0.754. The maximum Gasteiger partial charge on any atom is 0.0899 e. The summed E-state index contributed by atoms with van der Waals surface area (Å²) in [6.07, 6.45) is 0. The third-order valence-corrected chi connectivity index (χ3v) is 2.30. The molecule has 0 aromatic carbocycles. The molecule has 1 atom stereocenters. The lowest BCUT2D eigenvalue weighted by Crippen LogP contribution is -2.47. The maximum absolute atomic E-state index is 9.62. The van der Waals surface area contributed by atoms with Crippen LogP contribution in [0.15, 0.2) is 0 Å². The molecule has 0 saturated carbocycles. The van der Waals surface area contributed by atoms with Crippen molar-refractivity contribution in [3.8, 4) is 0 Å². The Kier molecular flexibility index (Phi) is 4.81. The van der Waals surface area contributed by atoms with Gasteiger partial charge in [0.2, 0.25) is 0 Å². The van der Waals surface area contributed by atoms with Crippen molar-refractivity contribution >= 4 is 17.2 Å². The molecule has 0 bridgehead atoms. The molecule has 0 radical (unpaired) electrons. The molecule has 0 fully saturated rings. The van der Waals surface area contributed by atoms with Crippen LogP contribution in [0.2, 0.25) is 0 Å². The van der Waals surface area contributed by atoms with E-state index in [0.29, 0.717) is 11.5 Å². The molecule has 3 N–H and O–H groups in total. The van der Waals surface area contributed by atoms with Crippen molar-refractivity contribution < 1.29 is 5.11 Å². The third-order valence-electron chi connectivity index (χ3n) is 1.96. The van der Waals surface area contributed by atoms with Gasteiger partial charge < -0.3 is 10.8 Å². The standard InChI is InChI=1S/C9H20N2OS/c1-5-11(6-9(3,4)12)7(2)8(10)13/h7,12H,5-6H2,1-4H3,(H2,10,13). The number of nitrogens with zero attached hydrogens (tertiary/aromatic N) is 1. The number of nitrogens with two attached hydrogens (primary N) is 1. The normalized spacial score (nSPS) is 14.6. The fourth-order valence-electron chi connectivity index (χ4n) is 1.20. The second kappa shape index (κ2) is 4.88. The number of hydrogen-bond acceptors (Lipinski definition) is 3. The topological polar surface area (TPSA) is 49.5 Å². The van der Waals surface area contributed by atoms with E-state index in [0.717, 1.165) is 6.54 Å². The van der Waals surface area contributed by atoms with Crippen molar-refractivity contribution in [3.05, 3.63) is 0 Å². The van der Waals surface area contributed by atoms with Crippen LogP contribution >= 0.6 is 12.2 Å². The average molecular weight is 204 g/mol. The first-order valence-electron chi connectivity index (χ1n) is 4.53. The van der Waals surface area contributed by atoms with Gasteiger partial charge in [-0.05, 0) is 27.3 Å². The van der Waals surface area contributed by atoms with Gasteiger partial charge in [-0.3, -0.25) is 4.90 Å². The van der Waals surface area contributed by atoms with E-state index in [9.17, 15) is 5.11 Å². The number of thiocarbonyl (C=S) groups is 1. The minimum atomic E-state index is -0.699. The Hall–Kier alpha value is -0.190. The number of rotatable bonds is 5. The average Bonchev–Trinajstić information content (AvgIpc) is 1.97. The molecule has 0 aromatic rings. The summed E-state index contributed by atoms with van der Waals surface area (Å²) < 4.78 is 0. The smallest absolute Gasteiger partial charge is 0.0899 e. The fourth-order valence-corrected chi connectivity index (χ4v) is 1.35. The molecule has 0 spiro atoms. The zero-order chi connectivity index (χ0) is 10.6. The lowest BCUT2D eigenvalue weighted by atomic mass is 10.1. The lowest BCUT2D eigenvalue weighted by Gasteiger charge is -2.32. The molecule has 4 heteroatoms. The molecule has 3 nitrogen and oxygen atoms in total. The van der Waals surface area contributed by atoms with Gasteiger partial charge in [-0.1, -0.05) is 19.1 Å². The van der Waals surface area contributed by atoms with E-state index in [4.69, 9.17) is 18.0 Å². The fraction of sp³-hybridized carbons (Fsp3) is 0.889. The van der Waals surface area contributed by atoms with Gasteiger partial charge in [-0.25, -0.2) is 0 Å². The van der Waals surface area contributed by atoms with Gasteiger partial charge in [0.15, 0.2) is 0 Å². The number of hydrogen-bond donors (Lipinski definition) is 2. The summed E-state index contributed by atoms with van der Waals surface area (Å²) in [5, 5.41) is 9.62. The SMILES string of the molecule is CCN(CC(C)(C)O)C(C)C(N)=S. The van der Waals surface area contributed by atoms with Crippen molar-refractivity contribution in [2.24, 2.45) is 5.73 Å². The number of likely N-dealkylation sites (N-methyl/N-ethyl adjacent to an activating group) is 1. The molecule has 0 aliphatic heterocycles. The van der Waals surface area contributed by atoms with Crippen LogP contribution in [0.4, 0.5) is 0 Å². The van der Waals surface area contributed by atoms with Crippen molar-refractivity contribution in [1.29, 1.82) is 0 Å². The molecule has 0 aromatic heterocycles. The van der Waals surface area contributed by atoms with Crippen LogP contribution < -0.4 is 5.73 Å². The first-order chi connectivity index (χ1) is 5.78. The quantitative estimate of drug-likeness (QED) is 0.649. The second-order valence-corrected chi connectivity index (χ2v) is 4.43. The molecule has 0 rings (SSSR count). The summed E-state index contributed by atoms with van der Waals surface area (Å²) in [6.45, 7) is 8.96. The van der Waals surface area contributed by atoms with Gasteiger partial charge in [0.05, 0.1) is 16.6 Å². The van der Waals surface area contributed by atoms with Gasteiger partial charge in [0.25, 0.3) is 0 Å². The molecule has 78 valence electrons. The maximum atomic E-state index is 9.62. The van der Waals surface area contributed by atoms with E-state index in [1.807, 2.05) is 13.8 Å². The van der Waals surface area contributed by atoms with Gasteiger partial charge in [-0.2, -0.15) is 0 Å². The molecule has 0 aliphatic rings. The Labute approximate surface area is 85.9 Å². The van der Waals surface area contributed by atoms with Crippen molar-refractivity contribution in [2.45, 2.75) is 39.3 Å². The van der Waals surface area contributed by atoms with Gasteiger partial charge in [0.1, 0.15) is 0 Å². The monoisotopic (exact) mass is 204 g/mol. The van der Waals surface area contributed by atoms with E-state index in [-0.39, 0.29) is 6.04 Å². The highest BCUT2D eigenvalue weighted by molar-refractivity contribution is 7.80. The summed E-state index contributed by atoms with van der Waals surface area (Å²) in [5.74, 6) is 0. The van der Waals surface area contributed by atoms with E-state index >= 15 is 0 Å². The minimum absolute atomic E-state index is 0.0476. The van der Waals surface area contributed by atoms with Crippen LogP contribution in [0.3, 0.4) is 0 Å². The van der Waals surface area contributed by atoms with Crippen molar-refractivity contribution in [2.75, 3.05) is 13.1 Å². The summed E-state index contributed by atoms with van der Waals surface area (Å²) in [5.41, 5.74) is 4.84. The minimum Gasteiger partial charge on any atom is -0.392 e. The van der Waals surface area contributed by atoms with Crippen LogP contribution in [0, 0.1) is 0 Å². The van der Waals surface area contributed by atoms with Crippen LogP contribution in [0.1, 0.15) is 27.7 Å². The van der Waals surface area contributed by atoms with Gasteiger partial charge >= 0.3 is 0 Å². The number of aliphatic hydroxyl groups is 1. The Morgan fingerprint density at radius 3 is 2.31 bits per heavy atom. The predicted molar refractivity (Wildman–Crippen MR) is 59.8 cm³/mol. The van der Waals surface area contributed by atoms with Crippen LogP contribution in [0.25, 0.3) is 0 Å². The first kappa shape index (κ1) is 12.8. The van der Waals surface area contributed by atoms with Crippen molar-refractivity contribution in [1.82, 2.24) is 4.90 Å². The largest absolute Gasteiger partial charge is 0.392 e. The molecule has 13 heavy (non-hydrogen) atoms. The highest BCUT2D eigenvalue weighted by Gasteiger charge is 2.22. The highest BCUT2D eigenvalue weighted by atomic mass is 32.1. The lowest BCUT2D eigenvalue weighted by molar-refractivity contribution is 0.0337. The third kappa shape index (κ3) is 5.18. The summed E-state index contributed by atoms with van der Waals surface area (Å²) in [4.78, 5) is 2.54. The van der Waals surface area contributed by atoms with E-state index in [1.165, 1.54) is 0 Å². The summed E-state index contributed by atoms with van der Waals surface area (Å²) in [6, 6.07) is 0.0476. The molecule has 0 amide bonds. The Bertz CT molecular complexity index is 177.